The molecule has 2 aliphatic heterocycles. The van der Waals surface area contributed by atoms with E-state index in [2.05, 4.69) is 34.1 Å². The van der Waals surface area contributed by atoms with Crippen LogP contribution in [0.1, 0.15) is 30.4 Å². The van der Waals surface area contributed by atoms with Gasteiger partial charge in [-0.1, -0.05) is 47.5 Å². The first-order valence-corrected chi connectivity index (χ1v) is 10.3. The SMILES string of the molecule is O=C(CC1CCN(c2ncc(Cl)cc2Cl)CC1)N1CCc2ccccc2C1. The second kappa shape index (κ2) is 8.07. The number of hydrogen-bond donors (Lipinski definition) is 0. The standard InChI is InChI=1S/C21H23Cl2N3O/c22-18-12-19(23)21(24-13-18)25-8-5-15(6-9-25)11-20(27)26-10-7-16-3-1-2-4-17(16)14-26/h1-4,12-13,15H,5-11,14H2. The van der Waals surface area contributed by atoms with Crippen LogP contribution in [-0.2, 0) is 17.8 Å². The highest BCUT2D eigenvalue weighted by Gasteiger charge is 2.27. The molecule has 1 saturated heterocycles. The highest BCUT2D eigenvalue weighted by molar-refractivity contribution is 6.36. The number of anilines is 1. The number of rotatable bonds is 3. The summed E-state index contributed by atoms with van der Waals surface area (Å²) in [6, 6.07) is 10.2. The van der Waals surface area contributed by atoms with Crippen LogP contribution >= 0.6 is 23.2 Å². The molecule has 1 aromatic carbocycles. The van der Waals surface area contributed by atoms with Gasteiger partial charge < -0.3 is 9.80 Å². The van der Waals surface area contributed by atoms with Gasteiger partial charge in [-0.25, -0.2) is 4.98 Å². The second-order valence-corrected chi connectivity index (χ2v) is 8.27. The molecule has 142 valence electrons. The van der Waals surface area contributed by atoms with Crippen molar-refractivity contribution in [3.8, 4) is 0 Å². The maximum absolute atomic E-state index is 12.8. The largest absolute Gasteiger partial charge is 0.355 e. The first kappa shape index (κ1) is 18.6. The van der Waals surface area contributed by atoms with Crippen molar-refractivity contribution in [1.82, 2.24) is 9.88 Å². The zero-order valence-corrected chi connectivity index (χ0v) is 16.7. The Balaban J connectivity index is 1.31. The van der Waals surface area contributed by atoms with Crippen LogP contribution in [0.2, 0.25) is 10.0 Å². The molecule has 0 N–H and O–H groups in total. The van der Waals surface area contributed by atoms with Crippen LogP contribution in [0.4, 0.5) is 5.82 Å². The van der Waals surface area contributed by atoms with Gasteiger partial charge in [-0.2, -0.15) is 0 Å². The van der Waals surface area contributed by atoms with Crippen molar-refractivity contribution in [2.24, 2.45) is 5.92 Å². The Labute approximate surface area is 170 Å². The van der Waals surface area contributed by atoms with Gasteiger partial charge in [-0.3, -0.25) is 4.79 Å². The van der Waals surface area contributed by atoms with E-state index in [0.717, 1.165) is 51.3 Å². The summed E-state index contributed by atoms with van der Waals surface area (Å²) in [7, 11) is 0. The van der Waals surface area contributed by atoms with E-state index >= 15 is 0 Å². The molecule has 0 unspecified atom stereocenters. The number of aromatic nitrogens is 1. The Morgan fingerprint density at radius 3 is 2.59 bits per heavy atom. The van der Waals surface area contributed by atoms with E-state index in [1.165, 1.54) is 11.1 Å². The van der Waals surface area contributed by atoms with Gasteiger partial charge >= 0.3 is 0 Å². The zero-order chi connectivity index (χ0) is 18.8. The van der Waals surface area contributed by atoms with Gasteiger partial charge in [0.1, 0.15) is 5.82 Å². The molecule has 2 aromatic rings. The third kappa shape index (κ3) is 4.22. The monoisotopic (exact) mass is 403 g/mol. The average Bonchev–Trinajstić information content (AvgIpc) is 2.68. The summed E-state index contributed by atoms with van der Waals surface area (Å²) < 4.78 is 0. The molecular formula is C21H23Cl2N3O. The van der Waals surface area contributed by atoms with Crippen molar-refractivity contribution in [2.75, 3.05) is 24.5 Å². The van der Waals surface area contributed by atoms with Crippen LogP contribution in [0.3, 0.4) is 0 Å². The second-order valence-electron chi connectivity index (χ2n) is 7.43. The minimum atomic E-state index is 0.283. The lowest BCUT2D eigenvalue weighted by molar-refractivity contribution is -0.133. The number of halogens is 2. The zero-order valence-electron chi connectivity index (χ0n) is 15.2. The quantitative estimate of drug-likeness (QED) is 0.752. The molecule has 0 aliphatic carbocycles. The molecule has 0 radical (unpaired) electrons. The van der Waals surface area contributed by atoms with Gasteiger partial charge in [0.25, 0.3) is 0 Å². The van der Waals surface area contributed by atoms with Gasteiger partial charge in [0.15, 0.2) is 0 Å². The van der Waals surface area contributed by atoms with Crippen LogP contribution < -0.4 is 4.90 Å². The van der Waals surface area contributed by atoms with Gasteiger partial charge in [0.05, 0.1) is 10.0 Å². The number of hydrogen-bond acceptors (Lipinski definition) is 3. The van der Waals surface area contributed by atoms with E-state index in [9.17, 15) is 4.79 Å². The lowest BCUT2D eigenvalue weighted by atomic mass is 9.92. The van der Waals surface area contributed by atoms with E-state index in [-0.39, 0.29) is 5.91 Å². The van der Waals surface area contributed by atoms with E-state index in [1.807, 2.05) is 4.90 Å². The molecule has 1 aromatic heterocycles. The number of carbonyl (C=O) groups is 1. The summed E-state index contributed by atoms with van der Waals surface area (Å²) in [5.41, 5.74) is 2.66. The number of nitrogens with zero attached hydrogens (tertiary/aromatic N) is 3. The van der Waals surface area contributed by atoms with Crippen LogP contribution in [-0.4, -0.2) is 35.4 Å². The summed E-state index contributed by atoms with van der Waals surface area (Å²) in [5.74, 6) is 1.50. The summed E-state index contributed by atoms with van der Waals surface area (Å²) in [6.45, 7) is 3.32. The van der Waals surface area contributed by atoms with Gasteiger partial charge in [-0.05, 0) is 42.4 Å². The van der Waals surface area contributed by atoms with Crippen LogP contribution in [0.5, 0.6) is 0 Å². The molecule has 2 aliphatic rings. The number of fused-ring (bicyclic) bond motifs is 1. The number of piperidine rings is 1. The predicted molar refractivity (Wildman–Crippen MR) is 109 cm³/mol. The average molecular weight is 404 g/mol. The Kier molecular flexibility index (Phi) is 5.55. The summed E-state index contributed by atoms with van der Waals surface area (Å²) in [4.78, 5) is 21.4. The number of carbonyl (C=O) groups excluding carboxylic acids is 1. The molecule has 0 saturated carbocycles. The highest BCUT2D eigenvalue weighted by atomic mass is 35.5. The van der Waals surface area contributed by atoms with Crippen LogP contribution in [0, 0.1) is 5.92 Å². The Bertz CT molecular complexity index is 834. The van der Waals surface area contributed by atoms with E-state index in [4.69, 9.17) is 23.2 Å². The molecule has 3 heterocycles. The van der Waals surface area contributed by atoms with E-state index < -0.39 is 0 Å². The van der Waals surface area contributed by atoms with E-state index in [0.29, 0.717) is 22.4 Å². The summed E-state index contributed by atoms with van der Waals surface area (Å²) >= 11 is 12.2. The Morgan fingerprint density at radius 2 is 1.85 bits per heavy atom. The van der Waals surface area contributed by atoms with Crippen LogP contribution in [0.15, 0.2) is 36.5 Å². The maximum atomic E-state index is 12.8. The molecule has 4 nitrogen and oxygen atoms in total. The highest BCUT2D eigenvalue weighted by Crippen LogP contribution is 2.31. The fourth-order valence-corrected chi connectivity index (χ4v) is 4.57. The maximum Gasteiger partial charge on any atom is 0.223 e. The molecule has 6 heteroatoms. The lowest BCUT2D eigenvalue weighted by Gasteiger charge is -2.35. The molecule has 0 atom stereocenters. The number of pyridine rings is 1. The topological polar surface area (TPSA) is 36.4 Å². The van der Waals surface area contributed by atoms with Crippen LogP contribution in [0.25, 0.3) is 0 Å². The number of amides is 1. The van der Waals surface area contributed by atoms with Crippen molar-refractivity contribution in [3.63, 3.8) is 0 Å². The van der Waals surface area contributed by atoms with Gasteiger partial charge in [-0.15, -0.1) is 0 Å². The molecule has 1 fully saturated rings. The molecule has 0 spiro atoms. The molecule has 27 heavy (non-hydrogen) atoms. The first-order chi connectivity index (χ1) is 13.1. The predicted octanol–water partition coefficient (Wildman–Crippen LogP) is 4.58. The van der Waals surface area contributed by atoms with Crippen molar-refractivity contribution < 1.29 is 4.79 Å². The number of benzene rings is 1. The Morgan fingerprint density at radius 1 is 1.11 bits per heavy atom. The van der Waals surface area contributed by atoms with Crippen molar-refractivity contribution in [3.05, 3.63) is 57.7 Å². The normalized spacial score (nSPS) is 17.7. The molecule has 1 amide bonds. The van der Waals surface area contributed by atoms with Crippen molar-refractivity contribution in [1.29, 1.82) is 0 Å². The fourth-order valence-electron chi connectivity index (χ4n) is 4.07. The fraction of sp³-hybridized carbons (Fsp3) is 0.429. The Hall–Kier alpha value is -1.78. The third-order valence-corrected chi connectivity index (χ3v) is 6.13. The summed E-state index contributed by atoms with van der Waals surface area (Å²) in [5, 5.41) is 1.14. The minimum Gasteiger partial charge on any atom is -0.355 e. The van der Waals surface area contributed by atoms with Crippen molar-refractivity contribution >= 4 is 34.9 Å². The van der Waals surface area contributed by atoms with E-state index in [1.54, 1.807) is 12.3 Å². The minimum absolute atomic E-state index is 0.283. The van der Waals surface area contributed by atoms with Gasteiger partial charge in [0, 0.05) is 38.8 Å². The smallest absolute Gasteiger partial charge is 0.223 e. The molecular weight excluding hydrogens is 381 g/mol. The summed E-state index contributed by atoms with van der Waals surface area (Å²) in [6.07, 6.45) is 5.19. The first-order valence-electron chi connectivity index (χ1n) is 9.50. The van der Waals surface area contributed by atoms with Crippen molar-refractivity contribution in [2.45, 2.75) is 32.2 Å². The third-order valence-electron chi connectivity index (χ3n) is 5.65. The van der Waals surface area contributed by atoms with Gasteiger partial charge in [0.2, 0.25) is 5.91 Å². The molecule has 4 rings (SSSR count). The molecule has 0 bridgehead atoms. The lowest BCUT2D eigenvalue weighted by Crippen LogP contribution is -2.39.